The fourth-order valence-electron chi connectivity index (χ4n) is 3.34. The molecule has 1 aliphatic rings. The van der Waals surface area contributed by atoms with Crippen molar-refractivity contribution < 1.29 is 4.79 Å². The molecule has 112 valence electrons. The zero-order valence-electron chi connectivity index (χ0n) is 12.8. The molecule has 1 aromatic carbocycles. The normalized spacial score (nSPS) is 19.1. The number of H-pyrrole nitrogens is 1. The van der Waals surface area contributed by atoms with Crippen molar-refractivity contribution in [2.75, 3.05) is 13.1 Å². The lowest BCUT2D eigenvalue weighted by Gasteiger charge is -2.31. The first kappa shape index (κ1) is 14.2. The molecule has 3 rings (SSSR count). The molecule has 3 heteroatoms. The summed E-state index contributed by atoms with van der Waals surface area (Å²) in [5.41, 5.74) is 2.51. The highest BCUT2D eigenvalue weighted by atomic mass is 16.2. The number of nitrogens with zero attached hydrogens (tertiary/aromatic N) is 1. The quantitative estimate of drug-likeness (QED) is 0.912. The van der Waals surface area contributed by atoms with E-state index in [9.17, 15) is 4.79 Å². The van der Waals surface area contributed by atoms with Crippen LogP contribution in [-0.4, -0.2) is 28.9 Å². The molecule has 3 nitrogen and oxygen atoms in total. The van der Waals surface area contributed by atoms with Gasteiger partial charge in [0.25, 0.3) is 0 Å². The van der Waals surface area contributed by atoms with Gasteiger partial charge in [-0.05, 0) is 43.2 Å². The number of amides is 1. The van der Waals surface area contributed by atoms with E-state index in [1.54, 1.807) is 0 Å². The first-order valence-corrected chi connectivity index (χ1v) is 8.07. The van der Waals surface area contributed by atoms with Crippen LogP contribution >= 0.6 is 0 Å². The number of hydrogen-bond donors (Lipinski definition) is 1. The number of aromatic amines is 1. The Balaban J connectivity index is 1.52. The Kier molecular flexibility index (Phi) is 4.28. The largest absolute Gasteiger partial charge is 0.361 e. The average Bonchev–Trinajstić information content (AvgIpc) is 2.91. The summed E-state index contributed by atoms with van der Waals surface area (Å²) < 4.78 is 0. The van der Waals surface area contributed by atoms with Crippen LogP contribution in [0.25, 0.3) is 10.9 Å². The number of nitrogens with one attached hydrogen (secondary N) is 1. The van der Waals surface area contributed by atoms with E-state index in [0.717, 1.165) is 32.4 Å². The Labute approximate surface area is 126 Å². The van der Waals surface area contributed by atoms with E-state index < -0.39 is 0 Å². The van der Waals surface area contributed by atoms with Crippen molar-refractivity contribution in [3.63, 3.8) is 0 Å². The highest BCUT2D eigenvalue weighted by molar-refractivity contribution is 5.83. The molecule has 1 fully saturated rings. The number of rotatable bonds is 4. The standard InChI is InChI=1S/C18H24N2O/c1-14-6-5-11-20(13-14)18(21)10-4-7-15-12-19-17-9-3-2-8-16(15)17/h2-3,8-9,12,14,19H,4-7,10-11,13H2,1H3/t14-/m0/s1. The summed E-state index contributed by atoms with van der Waals surface area (Å²) in [5, 5.41) is 1.29. The third-order valence-electron chi connectivity index (χ3n) is 4.52. The minimum atomic E-state index is 0.335. The number of benzene rings is 1. The lowest BCUT2D eigenvalue weighted by atomic mass is 9.99. The van der Waals surface area contributed by atoms with Gasteiger partial charge in [-0.15, -0.1) is 0 Å². The van der Waals surface area contributed by atoms with E-state index in [4.69, 9.17) is 0 Å². The van der Waals surface area contributed by atoms with Gasteiger partial charge in [0.1, 0.15) is 0 Å². The van der Waals surface area contributed by atoms with Crippen LogP contribution in [0.2, 0.25) is 0 Å². The van der Waals surface area contributed by atoms with Crippen molar-refractivity contribution >= 4 is 16.8 Å². The molecule has 21 heavy (non-hydrogen) atoms. The predicted molar refractivity (Wildman–Crippen MR) is 86.2 cm³/mol. The number of piperidine rings is 1. The van der Waals surface area contributed by atoms with Crippen LogP contribution in [0.1, 0.15) is 38.2 Å². The van der Waals surface area contributed by atoms with Gasteiger partial charge in [-0.1, -0.05) is 25.1 Å². The molecule has 0 bridgehead atoms. The van der Waals surface area contributed by atoms with E-state index in [-0.39, 0.29) is 0 Å². The van der Waals surface area contributed by atoms with Crippen molar-refractivity contribution in [2.24, 2.45) is 5.92 Å². The molecular formula is C18H24N2O. The van der Waals surface area contributed by atoms with Crippen LogP contribution in [0.3, 0.4) is 0 Å². The average molecular weight is 284 g/mol. The minimum Gasteiger partial charge on any atom is -0.361 e. The molecule has 0 saturated carbocycles. The van der Waals surface area contributed by atoms with Crippen molar-refractivity contribution in [1.29, 1.82) is 0 Å². The summed E-state index contributed by atoms with van der Waals surface area (Å²) in [6, 6.07) is 8.36. The maximum atomic E-state index is 12.3. The molecule has 1 aromatic heterocycles. The van der Waals surface area contributed by atoms with Crippen molar-refractivity contribution in [2.45, 2.75) is 39.0 Å². The van der Waals surface area contributed by atoms with Crippen LogP contribution in [0.4, 0.5) is 0 Å². The van der Waals surface area contributed by atoms with Gasteiger partial charge in [0.15, 0.2) is 0 Å². The Morgan fingerprint density at radius 3 is 3.10 bits per heavy atom. The number of aromatic nitrogens is 1. The second kappa shape index (κ2) is 6.33. The third-order valence-corrected chi connectivity index (χ3v) is 4.52. The van der Waals surface area contributed by atoms with Gasteiger partial charge >= 0.3 is 0 Å². The molecule has 2 aromatic rings. The lowest BCUT2D eigenvalue weighted by Crippen LogP contribution is -2.38. The van der Waals surface area contributed by atoms with Crippen LogP contribution in [-0.2, 0) is 11.2 Å². The molecule has 1 saturated heterocycles. The SMILES string of the molecule is C[C@H]1CCCN(C(=O)CCCc2c[nH]c3ccccc23)C1. The number of aryl methyl sites for hydroxylation is 1. The smallest absolute Gasteiger partial charge is 0.222 e. The molecule has 1 N–H and O–H groups in total. The number of para-hydroxylation sites is 1. The molecule has 2 heterocycles. The van der Waals surface area contributed by atoms with Crippen molar-refractivity contribution in [1.82, 2.24) is 9.88 Å². The molecule has 0 spiro atoms. The maximum absolute atomic E-state index is 12.3. The Hall–Kier alpha value is -1.77. The number of hydrogen-bond acceptors (Lipinski definition) is 1. The summed E-state index contributed by atoms with van der Waals surface area (Å²) in [7, 11) is 0. The van der Waals surface area contributed by atoms with Crippen LogP contribution in [0.5, 0.6) is 0 Å². The Morgan fingerprint density at radius 1 is 1.38 bits per heavy atom. The second-order valence-corrected chi connectivity index (χ2v) is 6.30. The highest BCUT2D eigenvalue weighted by Crippen LogP contribution is 2.20. The van der Waals surface area contributed by atoms with Gasteiger partial charge in [-0.25, -0.2) is 0 Å². The monoisotopic (exact) mass is 284 g/mol. The van der Waals surface area contributed by atoms with E-state index >= 15 is 0 Å². The van der Waals surface area contributed by atoms with E-state index in [0.29, 0.717) is 18.2 Å². The molecule has 0 radical (unpaired) electrons. The van der Waals surface area contributed by atoms with E-state index in [1.807, 2.05) is 6.07 Å². The number of fused-ring (bicyclic) bond motifs is 1. The first-order valence-electron chi connectivity index (χ1n) is 8.07. The zero-order valence-corrected chi connectivity index (χ0v) is 12.8. The zero-order chi connectivity index (χ0) is 14.7. The topological polar surface area (TPSA) is 36.1 Å². The van der Waals surface area contributed by atoms with Gasteiger partial charge in [0.05, 0.1) is 0 Å². The highest BCUT2D eigenvalue weighted by Gasteiger charge is 2.20. The molecular weight excluding hydrogens is 260 g/mol. The van der Waals surface area contributed by atoms with Crippen LogP contribution < -0.4 is 0 Å². The summed E-state index contributed by atoms with van der Waals surface area (Å²) in [4.78, 5) is 17.6. The predicted octanol–water partition coefficient (Wildman–Crippen LogP) is 3.75. The number of likely N-dealkylation sites (tertiary alicyclic amines) is 1. The van der Waals surface area contributed by atoms with Crippen molar-refractivity contribution in [3.8, 4) is 0 Å². The number of carbonyl (C=O) groups excluding carboxylic acids is 1. The van der Waals surface area contributed by atoms with Gasteiger partial charge < -0.3 is 9.88 Å². The fraction of sp³-hybridized carbons (Fsp3) is 0.500. The van der Waals surface area contributed by atoms with E-state index in [1.165, 1.54) is 22.9 Å². The summed E-state index contributed by atoms with van der Waals surface area (Å²) in [6.07, 6.45) is 7.09. The molecule has 1 atom stereocenters. The summed E-state index contributed by atoms with van der Waals surface area (Å²) in [5.74, 6) is 0.998. The Morgan fingerprint density at radius 2 is 2.24 bits per heavy atom. The van der Waals surface area contributed by atoms with Gasteiger partial charge in [0.2, 0.25) is 5.91 Å². The van der Waals surface area contributed by atoms with Gasteiger partial charge in [-0.3, -0.25) is 4.79 Å². The van der Waals surface area contributed by atoms with E-state index in [2.05, 4.69) is 41.2 Å². The Bertz CT molecular complexity index is 616. The first-order chi connectivity index (χ1) is 10.2. The molecule has 0 unspecified atom stereocenters. The summed E-state index contributed by atoms with van der Waals surface area (Å²) >= 11 is 0. The van der Waals surface area contributed by atoms with Gasteiger partial charge in [-0.2, -0.15) is 0 Å². The molecule has 1 amide bonds. The second-order valence-electron chi connectivity index (χ2n) is 6.30. The van der Waals surface area contributed by atoms with Crippen LogP contribution in [0.15, 0.2) is 30.5 Å². The molecule has 0 aliphatic carbocycles. The maximum Gasteiger partial charge on any atom is 0.222 e. The third kappa shape index (κ3) is 3.29. The van der Waals surface area contributed by atoms with Crippen LogP contribution in [0, 0.1) is 5.92 Å². The lowest BCUT2D eigenvalue weighted by molar-refractivity contribution is -0.132. The summed E-state index contributed by atoms with van der Waals surface area (Å²) in [6.45, 7) is 4.15. The number of carbonyl (C=O) groups is 1. The fourth-order valence-corrected chi connectivity index (χ4v) is 3.34. The minimum absolute atomic E-state index is 0.335. The van der Waals surface area contributed by atoms with Gasteiger partial charge in [0, 0.05) is 36.6 Å². The van der Waals surface area contributed by atoms with Crippen molar-refractivity contribution in [3.05, 3.63) is 36.0 Å². The molecule has 1 aliphatic heterocycles.